The summed E-state index contributed by atoms with van der Waals surface area (Å²) in [7, 11) is 0. The van der Waals surface area contributed by atoms with Gasteiger partial charge in [-0.2, -0.15) is 4.98 Å². The van der Waals surface area contributed by atoms with Crippen molar-refractivity contribution in [3.05, 3.63) is 217 Å². The Morgan fingerprint density at radius 2 is 1.24 bits per heavy atom. The van der Waals surface area contributed by atoms with Crippen LogP contribution in [0.2, 0.25) is 0 Å². The van der Waals surface area contributed by atoms with Crippen LogP contribution >= 0.6 is 0 Å². The van der Waals surface area contributed by atoms with Crippen molar-refractivity contribution in [2.45, 2.75) is 0 Å². The fourth-order valence-corrected chi connectivity index (χ4v) is 7.32. The Morgan fingerprint density at radius 3 is 1.98 bits per heavy atom. The third-order valence-corrected chi connectivity index (χ3v) is 9.66. The van der Waals surface area contributed by atoms with Gasteiger partial charge < -0.3 is 18.8 Å². The zero-order valence-corrected chi connectivity index (χ0v) is 31.1. The van der Waals surface area contributed by atoms with Crippen molar-refractivity contribution in [2.24, 2.45) is 0 Å². The Bertz CT molecular complexity index is 2720. The maximum atomic E-state index is 5.92. The average Bonchev–Trinajstić information content (AvgIpc) is 3.94. The first-order valence-electron chi connectivity index (χ1n) is 17.5. The predicted octanol–water partition coefficient (Wildman–Crippen LogP) is 11.2. The van der Waals surface area contributed by atoms with Gasteiger partial charge in [-0.05, 0) is 57.9 Å². The molecule has 0 radical (unpaired) electrons. The van der Waals surface area contributed by atoms with E-state index < -0.39 is 0 Å². The number of rotatable bonds is 7. The van der Waals surface area contributed by atoms with Gasteiger partial charge >= 0.3 is 0 Å². The van der Waals surface area contributed by atoms with E-state index in [0.717, 1.165) is 72.4 Å². The average molecular weight is 876 g/mol. The predicted molar refractivity (Wildman–Crippen MR) is 212 cm³/mol. The first kappa shape index (κ1) is 33.4. The van der Waals surface area contributed by atoms with Crippen molar-refractivity contribution >= 4 is 56.0 Å². The molecular weight excluding hydrogens is 846 g/mol. The summed E-state index contributed by atoms with van der Waals surface area (Å²) in [6.07, 6.45) is 3.33. The first-order chi connectivity index (χ1) is 26.3. The molecule has 0 fully saturated rings. The zero-order chi connectivity index (χ0) is 35.1. The summed E-state index contributed by atoms with van der Waals surface area (Å²) in [5, 5.41) is 2.26. The van der Waals surface area contributed by atoms with Gasteiger partial charge in [0.2, 0.25) is 5.88 Å². The maximum absolute atomic E-state index is 5.92. The molecule has 0 atom stereocenters. The smallest absolute Gasteiger partial charge is 0.214 e. The van der Waals surface area contributed by atoms with Crippen LogP contribution in [-0.4, -0.2) is 14.5 Å². The molecule has 0 amide bonds. The molecule has 262 valence electrons. The number of benzene rings is 6. The molecule has 10 rings (SSSR count). The van der Waals surface area contributed by atoms with E-state index in [1.165, 1.54) is 6.39 Å². The summed E-state index contributed by atoms with van der Waals surface area (Å²) >= 11 is 0. The van der Waals surface area contributed by atoms with Crippen LogP contribution in [0.15, 0.2) is 181 Å². The molecule has 1 aliphatic heterocycles. The van der Waals surface area contributed by atoms with E-state index >= 15 is 0 Å². The molecular formula is C47H30N5OPt-3. The summed E-state index contributed by atoms with van der Waals surface area (Å²) < 4.78 is 8.12. The standard InChI is InChI=1S/C47H30N5O.Pt/c1-4-15-33(16-5-1)44(34-17-6-2-7-18-34)45(36-26-27-40-39-23-10-11-24-41(39)52(42(40)30-36)43-25-12-13-28-48-43)35-19-14-22-38(29-35)50-32-51(37-20-8-3-9-21-37)47-46(50)49-31-53-47;/h1-28,31-32H;/q-3;. The first-order valence-corrected chi connectivity index (χ1v) is 17.5. The molecule has 0 unspecified atom stereocenters. The van der Waals surface area contributed by atoms with E-state index in [0.29, 0.717) is 11.7 Å². The number of anilines is 4. The van der Waals surface area contributed by atoms with E-state index in [1.807, 2.05) is 59.1 Å². The van der Waals surface area contributed by atoms with Crippen LogP contribution in [0.4, 0.5) is 23.1 Å². The molecule has 6 aromatic carbocycles. The number of hydrogen-bond acceptors (Lipinski definition) is 5. The summed E-state index contributed by atoms with van der Waals surface area (Å²) in [6.45, 7) is 2.01. The molecule has 0 N–H and O–H groups in total. The number of oxazole rings is 1. The minimum Gasteiger partial charge on any atom is -0.470 e. The normalized spacial score (nSPS) is 12.1. The number of para-hydroxylation sites is 2. The molecule has 0 bridgehead atoms. The number of fused-ring (bicyclic) bond motifs is 4. The molecule has 1 aliphatic rings. The third-order valence-electron chi connectivity index (χ3n) is 9.66. The van der Waals surface area contributed by atoms with E-state index in [9.17, 15) is 0 Å². The van der Waals surface area contributed by atoms with Crippen molar-refractivity contribution in [1.29, 1.82) is 0 Å². The Kier molecular flexibility index (Phi) is 8.74. The molecule has 0 saturated heterocycles. The SMILES string of the molecule is [Pt].[c-]1c(C(=C(c2ccccc2)c2ccccc2)c2[c-]c3c(cc2)c2ccccc2n3-c2ccccn2)cccc1N1[CH-]N(c2ccccc2)c2ocnc21. The van der Waals surface area contributed by atoms with Crippen molar-refractivity contribution in [2.75, 3.05) is 9.80 Å². The third kappa shape index (κ3) is 5.72. The van der Waals surface area contributed by atoms with Gasteiger partial charge in [0.05, 0.1) is 0 Å². The van der Waals surface area contributed by atoms with Crippen LogP contribution in [0.5, 0.6) is 0 Å². The Labute approximate surface area is 327 Å². The van der Waals surface area contributed by atoms with Gasteiger partial charge in [-0.25, -0.2) is 4.98 Å². The molecule has 7 heteroatoms. The van der Waals surface area contributed by atoms with Gasteiger partial charge in [0.15, 0.2) is 12.2 Å². The topological polar surface area (TPSA) is 50.3 Å². The van der Waals surface area contributed by atoms with Gasteiger partial charge in [0.1, 0.15) is 5.82 Å². The van der Waals surface area contributed by atoms with Crippen LogP contribution < -0.4 is 9.80 Å². The number of nitrogens with zero attached hydrogens (tertiary/aromatic N) is 5. The van der Waals surface area contributed by atoms with E-state index in [1.54, 1.807) is 0 Å². The molecule has 9 aromatic rings. The maximum Gasteiger partial charge on any atom is 0.214 e. The van der Waals surface area contributed by atoms with Gasteiger partial charge in [-0.15, -0.1) is 65.8 Å². The Balaban J connectivity index is 0.00000384. The number of aromatic nitrogens is 3. The number of hydrogen-bond donors (Lipinski definition) is 0. The Hall–Kier alpha value is -6.49. The van der Waals surface area contributed by atoms with E-state index in [-0.39, 0.29) is 21.1 Å². The summed E-state index contributed by atoms with van der Waals surface area (Å²) in [6, 6.07) is 64.2. The van der Waals surface area contributed by atoms with Crippen LogP contribution in [0.3, 0.4) is 0 Å². The Morgan fingerprint density at radius 1 is 0.556 bits per heavy atom. The second kappa shape index (κ2) is 14.1. The van der Waals surface area contributed by atoms with Crippen LogP contribution in [-0.2, 0) is 21.1 Å². The van der Waals surface area contributed by atoms with E-state index in [4.69, 9.17) is 9.40 Å². The van der Waals surface area contributed by atoms with Crippen LogP contribution in [0, 0.1) is 18.8 Å². The number of pyridine rings is 1. The second-order valence-corrected chi connectivity index (χ2v) is 12.8. The summed E-state index contributed by atoms with van der Waals surface area (Å²) in [4.78, 5) is 13.4. The largest absolute Gasteiger partial charge is 0.470 e. The van der Waals surface area contributed by atoms with Gasteiger partial charge in [0, 0.05) is 38.5 Å². The molecule has 6 nitrogen and oxygen atoms in total. The molecule has 0 saturated carbocycles. The summed E-state index contributed by atoms with van der Waals surface area (Å²) in [5.74, 6) is 2.20. The fraction of sp³-hybridized carbons (Fsp3) is 0. The zero-order valence-electron chi connectivity index (χ0n) is 28.8. The van der Waals surface area contributed by atoms with Crippen molar-refractivity contribution < 1.29 is 25.5 Å². The van der Waals surface area contributed by atoms with Gasteiger partial charge in [-0.1, -0.05) is 114 Å². The van der Waals surface area contributed by atoms with Gasteiger partial charge in [0.25, 0.3) is 0 Å². The molecule has 0 aliphatic carbocycles. The molecule has 3 aromatic heterocycles. The fourth-order valence-electron chi connectivity index (χ4n) is 7.32. The molecule has 0 spiro atoms. The quantitative estimate of drug-likeness (QED) is 0.118. The minimum absolute atomic E-state index is 0. The molecule has 54 heavy (non-hydrogen) atoms. The van der Waals surface area contributed by atoms with Crippen LogP contribution in [0.1, 0.15) is 22.3 Å². The molecule has 4 heterocycles. The second-order valence-electron chi connectivity index (χ2n) is 12.8. The minimum atomic E-state index is 0. The van der Waals surface area contributed by atoms with Crippen molar-refractivity contribution in [1.82, 2.24) is 14.5 Å². The van der Waals surface area contributed by atoms with E-state index in [2.05, 4.69) is 149 Å². The van der Waals surface area contributed by atoms with Gasteiger partial charge in [-0.3, -0.25) is 0 Å². The van der Waals surface area contributed by atoms with Crippen LogP contribution in [0.25, 0.3) is 38.8 Å². The monoisotopic (exact) mass is 875 g/mol. The van der Waals surface area contributed by atoms with Crippen molar-refractivity contribution in [3.8, 4) is 5.82 Å². The summed E-state index contributed by atoms with van der Waals surface area (Å²) in [5.41, 5.74) is 9.96. The van der Waals surface area contributed by atoms with Crippen molar-refractivity contribution in [3.63, 3.8) is 0 Å².